The van der Waals surface area contributed by atoms with Gasteiger partial charge in [0.1, 0.15) is 5.71 Å². The maximum atomic E-state index is 13.0. The Labute approximate surface area is 191 Å². The maximum Gasteiger partial charge on any atom is 0.277 e. The van der Waals surface area contributed by atoms with Gasteiger partial charge in [-0.2, -0.15) is 0 Å². The van der Waals surface area contributed by atoms with Gasteiger partial charge in [0.15, 0.2) is 0 Å². The highest BCUT2D eigenvalue weighted by Crippen LogP contribution is 2.18. The van der Waals surface area contributed by atoms with Gasteiger partial charge in [-0.1, -0.05) is 30.3 Å². The number of rotatable bonds is 7. The second-order valence-corrected chi connectivity index (χ2v) is 8.82. The highest BCUT2D eigenvalue weighted by molar-refractivity contribution is 7.10. The van der Waals surface area contributed by atoms with Gasteiger partial charge in [-0.15, -0.1) is 11.3 Å². The fourth-order valence-electron chi connectivity index (χ4n) is 3.56. The smallest absolute Gasteiger partial charge is 0.277 e. The Morgan fingerprint density at radius 3 is 2.66 bits per heavy atom. The van der Waals surface area contributed by atoms with E-state index in [2.05, 4.69) is 21.4 Å². The first-order valence-electron chi connectivity index (χ1n) is 10.6. The van der Waals surface area contributed by atoms with Crippen molar-refractivity contribution in [3.05, 3.63) is 93.3 Å². The Bertz CT molecular complexity index is 1290. The molecule has 6 heteroatoms. The molecule has 2 amide bonds. The van der Waals surface area contributed by atoms with E-state index in [1.165, 1.54) is 0 Å². The number of carbonyl (C=O) groups excluding carboxylic acids is 2. The van der Waals surface area contributed by atoms with Crippen molar-refractivity contribution in [3.8, 4) is 0 Å². The predicted molar refractivity (Wildman–Crippen MR) is 131 cm³/mol. The molecule has 0 aliphatic carbocycles. The van der Waals surface area contributed by atoms with Crippen LogP contribution in [0.2, 0.25) is 0 Å². The quantitative estimate of drug-likeness (QED) is 0.393. The highest BCUT2D eigenvalue weighted by Gasteiger charge is 2.16. The maximum absolute atomic E-state index is 13.0. The van der Waals surface area contributed by atoms with Crippen LogP contribution >= 0.6 is 11.3 Å². The zero-order chi connectivity index (χ0) is 22.5. The van der Waals surface area contributed by atoms with Crippen molar-refractivity contribution >= 4 is 39.8 Å². The number of nitrogens with zero attached hydrogens (tertiary/aromatic N) is 1. The predicted octanol–water partition coefficient (Wildman–Crippen LogP) is 5.03. The Balaban J connectivity index is 1.48. The number of nitrogens with one attached hydrogen (secondary N) is 2. The summed E-state index contributed by atoms with van der Waals surface area (Å²) < 4.78 is 0. The lowest BCUT2D eigenvalue weighted by atomic mass is 10.1. The van der Waals surface area contributed by atoms with Crippen molar-refractivity contribution in [1.82, 2.24) is 10.3 Å². The molecule has 0 bridgehead atoms. The van der Waals surface area contributed by atoms with Crippen LogP contribution in [0, 0.1) is 13.8 Å². The van der Waals surface area contributed by atoms with E-state index in [4.69, 9.17) is 0 Å². The van der Waals surface area contributed by atoms with Crippen LogP contribution in [0.15, 0.2) is 71.2 Å². The fraction of sp³-hybridized carbons (Fsp3) is 0.192. The van der Waals surface area contributed by atoms with Crippen LogP contribution in [0.5, 0.6) is 0 Å². The van der Waals surface area contributed by atoms with Crippen molar-refractivity contribution < 1.29 is 9.59 Å². The van der Waals surface area contributed by atoms with Crippen molar-refractivity contribution in [1.29, 1.82) is 0 Å². The molecular weight excluding hydrogens is 418 g/mol. The largest absolute Gasteiger partial charge is 0.361 e. The summed E-state index contributed by atoms with van der Waals surface area (Å²) in [5.74, 6) is -0.707. The molecule has 2 aromatic heterocycles. The summed E-state index contributed by atoms with van der Waals surface area (Å²) >= 11 is 1.54. The van der Waals surface area contributed by atoms with Gasteiger partial charge in [-0.05, 0) is 66.6 Å². The number of hydrogen-bond donors (Lipinski definition) is 2. The molecule has 0 aliphatic heterocycles. The van der Waals surface area contributed by atoms with Gasteiger partial charge in [0.05, 0.1) is 0 Å². The third-order valence-electron chi connectivity index (χ3n) is 5.53. The van der Waals surface area contributed by atoms with E-state index in [0.29, 0.717) is 24.9 Å². The Morgan fingerprint density at radius 2 is 1.88 bits per heavy atom. The minimum absolute atomic E-state index is 0.231. The summed E-state index contributed by atoms with van der Waals surface area (Å²) in [6, 6.07) is 17.4. The second kappa shape index (κ2) is 9.75. The first kappa shape index (κ1) is 21.7. The SMILES string of the molecule is Cc1ccc(C(=O)N=C(Cc2cccs2)C(=O)NCCc2c[nH]c3ccccc23)cc1C. The number of aromatic nitrogens is 1. The molecule has 162 valence electrons. The van der Waals surface area contributed by atoms with Crippen molar-refractivity contribution in [2.45, 2.75) is 26.7 Å². The zero-order valence-corrected chi connectivity index (χ0v) is 19.0. The molecule has 4 aromatic rings. The number of carbonyl (C=O) groups is 2. The molecule has 0 fully saturated rings. The molecule has 0 radical (unpaired) electrons. The summed E-state index contributed by atoms with van der Waals surface area (Å²) in [6.45, 7) is 4.41. The van der Waals surface area contributed by atoms with Crippen LogP contribution < -0.4 is 5.32 Å². The average Bonchev–Trinajstić information content (AvgIpc) is 3.45. The number of hydrogen-bond acceptors (Lipinski definition) is 3. The molecule has 4 rings (SSSR count). The van der Waals surface area contributed by atoms with Gasteiger partial charge in [0.25, 0.3) is 11.8 Å². The molecule has 5 nitrogen and oxygen atoms in total. The van der Waals surface area contributed by atoms with Crippen LogP contribution in [0.4, 0.5) is 0 Å². The van der Waals surface area contributed by atoms with Crippen molar-refractivity contribution in [2.24, 2.45) is 4.99 Å². The molecule has 0 saturated carbocycles. The van der Waals surface area contributed by atoms with Gasteiger partial charge < -0.3 is 10.3 Å². The summed E-state index contributed by atoms with van der Waals surface area (Å²) in [7, 11) is 0. The molecule has 2 aromatic carbocycles. The topological polar surface area (TPSA) is 74.3 Å². The number of aromatic amines is 1. The molecule has 0 spiro atoms. The standard InChI is InChI=1S/C26H25N3O2S/c1-17-9-10-19(14-18(17)2)25(30)29-24(15-21-6-5-13-32-21)26(31)27-12-11-20-16-28-23-8-4-3-7-22(20)23/h3-10,13-14,16,28H,11-12,15H2,1-2H3,(H,27,31). The molecule has 2 heterocycles. The summed E-state index contributed by atoms with van der Waals surface area (Å²) in [5.41, 5.74) is 5.07. The van der Waals surface area contributed by atoms with Crippen LogP contribution in [0.25, 0.3) is 10.9 Å². The highest BCUT2D eigenvalue weighted by atomic mass is 32.1. The van der Waals surface area contributed by atoms with Gasteiger partial charge in [0, 0.05) is 40.5 Å². The monoisotopic (exact) mass is 443 g/mol. The summed E-state index contributed by atoms with van der Waals surface area (Å²) in [5, 5.41) is 6.05. The van der Waals surface area contributed by atoms with E-state index in [1.807, 2.05) is 67.9 Å². The van der Waals surface area contributed by atoms with E-state index < -0.39 is 5.91 Å². The van der Waals surface area contributed by atoms with Crippen LogP contribution in [0.3, 0.4) is 0 Å². The third kappa shape index (κ3) is 5.03. The minimum Gasteiger partial charge on any atom is -0.361 e. The number of aryl methyl sites for hydroxylation is 2. The number of fused-ring (bicyclic) bond motifs is 1. The minimum atomic E-state index is -0.397. The van der Waals surface area contributed by atoms with E-state index in [1.54, 1.807) is 17.4 Å². The Hall–Kier alpha value is -3.51. The normalized spacial score (nSPS) is 11.6. The number of H-pyrrole nitrogens is 1. The van der Waals surface area contributed by atoms with Crippen LogP contribution in [-0.2, 0) is 17.6 Å². The van der Waals surface area contributed by atoms with E-state index in [9.17, 15) is 9.59 Å². The summed E-state index contributed by atoms with van der Waals surface area (Å²) in [4.78, 5) is 34.2. The fourth-order valence-corrected chi connectivity index (χ4v) is 4.27. The van der Waals surface area contributed by atoms with Crippen molar-refractivity contribution in [3.63, 3.8) is 0 Å². The first-order chi connectivity index (χ1) is 15.5. The third-order valence-corrected chi connectivity index (χ3v) is 6.41. The summed E-state index contributed by atoms with van der Waals surface area (Å²) in [6.07, 6.45) is 2.99. The van der Waals surface area contributed by atoms with Crippen molar-refractivity contribution in [2.75, 3.05) is 6.54 Å². The number of aliphatic imine (C=N–C) groups is 1. The van der Waals surface area contributed by atoms with Gasteiger partial charge in [-0.25, -0.2) is 4.99 Å². The lowest BCUT2D eigenvalue weighted by Gasteiger charge is -2.08. The number of para-hydroxylation sites is 1. The molecule has 2 N–H and O–H groups in total. The Morgan fingerprint density at radius 1 is 1.03 bits per heavy atom. The molecular formula is C26H25N3O2S. The van der Waals surface area contributed by atoms with Crippen LogP contribution in [-0.4, -0.2) is 29.1 Å². The zero-order valence-electron chi connectivity index (χ0n) is 18.1. The van der Waals surface area contributed by atoms with Gasteiger partial charge >= 0.3 is 0 Å². The lowest BCUT2D eigenvalue weighted by molar-refractivity contribution is -0.114. The number of thiophene rings is 1. The Kier molecular flexibility index (Phi) is 6.61. The molecule has 0 saturated heterocycles. The van der Waals surface area contributed by atoms with E-state index in [0.717, 1.165) is 32.5 Å². The van der Waals surface area contributed by atoms with Gasteiger partial charge in [0.2, 0.25) is 0 Å². The number of benzene rings is 2. The van der Waals surface area contributed by atoms with Crippen LogP contribution in [0.1, 0.15) is 31.9 Å². The molecule has 0 atom stereocenters. The molecule has 0 aliphatic rings. The first-order valence-corrected chi connectivity index (χ1v) is 11.4. The lowest BCUT2D eigenvalue weighted by Crippen LogP contribution is -2.34. The van der Waals surface area contributed by atoms with E-state index in [-0.39, 0.29) is 11.6 Å². The molecule has 0 unspecified atom stereocenters. The molecule has 32 heavy (non-hydrogen) atoms. The second-order valence-electron chi connectivity index (χ2n) is 7.78. The van der Waals surface area contributed by atoms with Gasteiger partial charge in [-0.3, -0.25) is 9.59 Å². The average molecular weight is 444 g/mol. The van der Waals surface area contributed by atoms with E-state index >= 15 is 0 Å². The number of amides is 2.